The Hall–Kier alpha value is 3.39. The van der Waals surface area contributed by atoms with E-state index in [9.17, 15) is 0 Å². The Morgan fingerprint density at radius 1 is 0.274 bits per heavy atom. The van der Waals surface area contributed by atoms with Gasteiger partial charge in [-0.15, -0.1) is 0 Å². The van der Waals surface area contributed by atoms with Crippen LogP contribution in [-0.2, 0) is 120 Å². The van der Waals surface area contributed by atoms with Crippen molar-refractivity contribution in [2.75, 3.05) is 52.4 Å². The van der Waals surface area contributed by atoms with Crippen LogP contribution in [0.2, 0.25) is 0 Å². The molecule has 0 N–H and O–H groups in total. The summed E-state index contributed by atoms with van der Waals surface area (Å²) in [5.41, 5.74) is 0. The van der Waals surface area contributed by atoms with E-state index in [4.69, 9.17) is 151 Å². The molecule has 18 heteroatoms. The van der Waals surface area contributed by atoms with Crippen LogP contribution in [0.4, 0.5) is 0 Å². The molecule has 0 aromatic rings. The molecule has 0 unspecified atom stereocenters. The molecule has 0 aliphatic carbocycles. The number of hydrogen-bond donors (Lipinski definition) is 0. The molecule has 0 bridgehead atoms. The van der Waals surface area contributed by atoms with Crippen LogP contribution in [-0.4, -0.2) is 85.2 Å². The van der Waals surface area contributed by atoms with Gasteiger partial charge in [0.05, 0.1) is 52.4 Å². The van der Waals surface area contributed by atoms with Gasteiger partial charge >= 0.3 is 27.8 Å². The van der Waals surface area contributed by atoms with Gasteiger partial charge < -0.3 is 166 Å². The second kappa shape index (κ2) is 50.8. The van der Waals surface area contributed by atoms with Crippen LogP contribution in [0.1, 0.15) is 209 Å². The summed E-state index contributed by atoms with van der Waals surface area (Å²) < 4.78 is 3.84. The molecule has 0 rings (SSSR count). The van der Waals surface area contributed by atoms with Gasteiger partial charge in [-0.1, -0.05) is 107 Å². The van der Waals surface area contributed by atoms with E-state index in [1.54, 1.807) is 0 Å². The molecular weight excluding hydrogens is 1100 g/mol. The second-order valence-electron chi connectivity index (χ2n) is 16.1. The summed E-state index contributed by atoms with van der Waals surface area (Å²) in [6.07, 6.45) is 28.7. The third-order valence-electron chi connectivity index (χ3n) is 10.3. The van der Waals surface area contributed by atoms with Gasteiger partial charge in [0.25, 0.3) is 0 Å². The molecular formula is C44H88MoN4S13. The van der Waals surface area contributed by atoms with Crippen molar-refractivity contribution in [2.45, 2.75) is 209 Å². The molecule has 0 fully saturated rings. The predicted molar refractivity (Wildman–Crippen MR) is 313 cm³/mol. The minimum atomic E-state index is 0.407. The van der Waals surface area contributed by atoms with Crippen molar-refractivity contribution in [3.05, 3.63) is 0 Å². The molecule has 0 heterocycles. The fourth-order valence-corrected chi connectivity index (χ4v) is 8.61. The second-order valence-corrected chi connectivity index (χ2v) is 23.0. The van der Waals surface area contributed by atoms with Crippen LogP contribution >= 0.6 is 58.7 Å². The quantitative estimate of drug-likeness (QED) is 0.0207. The van der Waals surface area contributed by atoms with Crippen LogP contribution in [0, 0.1) is 0 Å². The van der Waals surface area contributed by atoms with E-state index in [2.05, 4.69) is 65.2 Å². The number of thiocarbonyl (C=S) groups is 4. The van der Waals surface area contributed by atoms with Gasteiger partial charge in [-0.05, 0) is 103 Å². The monoisotopic (exact) mass is 1190 g/mol. The van der Waals surface area contributed by atoms with Gasteiger partial charge in [0.1, 0.15) is 0 Å². The Morgan fingerprint density at radius 3 is 0.435 bits per heavy atom. The SMILES string of the molecule is CCCCC[N+]([S-])(CCCCC)C(=S)[S-].CCCCC[N+]([S-])(CCCCC)C(=S)[S-].CCCCC[N+]([S-])(CCCCC)C(=S)[S-].CCCCC[N+]([S-])(CCCCC)C(=S)[S-].[S]=[Mo+4]. The molecule has 0 spiro atoms. The summed E-state index contributed by atoms with van der Waals surface area (Å²) in [5, 5.41) is 0. The van der Waals surface area contributed by atoms with E-state index in [1.807, 2.05) is 0 Å². The first-order valence-corrected chi connectivity index (χ1v) is 31.1. The zero-order valence-corrected chi connectivity index (χ0v) is 52.8. The molecule has 4 nitrogen and oxygen atoms in total. The Balaban J connectivity index is -0.000000230. The van der Waals surface area contributed by atoms with Gasteiger partial charge in [-0.25, -0.2) is 0 Å². The van der Waals surface area contributed by atoms with E-state index in [0.717, 1.165) is 104 Å². The summed E-state index contributed by atoms with van der Waals surface area (Å²) in [5.74, 6) is 0. The van der Waals surface area contributed by atoms with Crippen molar-refractivity contribution in [3.63, 3.8) is 0 Å². The summed E-state index contributed by atoms with van der Waals surface area (Å²) in [6.45, 7) is 25.1. The first-order chi connectivity index (χ1) is 29.3. The molecule has 0 aliphatic heterocycles. The Morgan fingerprint density at radius 2 is 0.371 bits per heavy atom. The molecule has 0 radical (unpaired) electrons. The molecule has 0 saturated heterocycles. The van der Waals surface area contributed by atoms with E-state index in [0.29, 0.717) is 32.8 Å². The maximum atomic E-state index is 5.54. The molecule has 62 heavy (non-hydrogen) atoms. The summed E-state index contributed by atoms with van der Waals surface area (Å²) in [6, 6.07) is 0. The van der Waals surface area contributed by atoms with Crippen molar-refractivity contribution in [1.29, 1.82) is 0 Å². The molecule has 368 valence electrons. The Labute approximate surface area is 467 Å². The zero-order chi connectivity index (χ0) is 48.9. The molecule has 0 atom stereocenters. The maximum absolute atomic E-state index is 5.54. The first-order valence-electron chi connectivity index (χ1n) is 23.6. The van der Waals surface area contributed by atoms with Gasteiger partial charge in [-0.3, -0.25) is 0 Å². The normalized spacial score (nSPS) is 11.4. The summed E-state index contributed by atoms with van der Waals surface area (Å²) >= 11 is 64.6. The number of unbranched alkanes of at least 4 members (excludes halogenated alkanes) is 16. The van der Waals surface area contributed by atoms with E-state index < -0.39 is 0 Å². The molecule has 0 aromatic heterocycles. The fourth-order valence-electron chi connectivity index (χ4n) is 6.12. The Kier molecular flexibility index (Phi) is 60.9. The van der Waals surface area contributed by atoms with Crippen LogP contribution in [0.25, 0.3) is 0 Å². The summed E-state index contributed by atoms with van der Waals surface area (Å²) in [7, 11) is 4.09. The third-order valence-corrected chi connectivity index (χ3v) is 16.2. The van der Waals surface area contributed by atoms with Crippen LogP contribution in [0.5, 0.6) is 0 Å². The molecule has 0 saturated carbocycles. The van der Waals surface area contributed by atoms with E-state index in [1.165, 1.54) is 121 Å². The van der Waals surface area contributed by atoms with Crippen molar-refractivity contribution in [2.24, 2.45) is 0 Å². The van der Waals surface area contributed by atoms with Gasteiger partial charge in [0, 0.05) is 17.3 Å². The molecule has 0 amide bonds. The standard InChI is InChI=1S/4C11H23NS3.Mo.S/c4*1-3-5-7-9-12(15,11(13)14)10-8-6-4-2;;/h4*3-10H2,1-2H3,(H,13,14);;/q;;;;+4;/p-4. The number of nitrogens with zero attached hydrogens (tertiary/aromatic N) is 4. The van der Waals surface area contributed by atoms with E-state index >= 15 is 0 Å². The molecule has 0 aromatic carbocycles. The first kappa shape index (κ1) is 74.3. The average Bonchev–Trinajstić information content (AvgIpc) is 3.23. The zero-order valence-electron chi connectivity index (χ0n) is 40.1. The van der Waals surface area contributed by atoms with Crippen LogP contribution < -0.4 is 0 Å². The van der Waals surface area contributed by atoms with Gasteiger partial charge in [0.2, 0.25) is 0 Å². The average molecular weight is 1190 g/mol. The number of hydrogen-bond acceptors (Lipinski definition) is 13. The van der Waals surface area contributed by atoms with Gasteiger partial charge in [0.15, 0.2) is 0 Å². The van der Waals surface area contributed by atoms with Crippen molar-refractivity contribution in [3.8, 4) is 0 Å². The van der Waals surface area contributed by atoms with Crippen molar-refractivity contribution < 1.29 is 33.5 Å². The predicted octanol–water partition coefficient (Wildman–Crippen LogP) is 14.6. The van der Waals surface area contributed by atoms with Crippen LogP contribution in [0.15, 0.2) is 0 Å². The van der Waals surface area contributed by atoms with E-state index in [-0.39, 0.29) is 0 Å². The topological polar surface area (TPSA) is 0 Å². The van der Waals surface area contributed by atoms with Crippen LogP contribution in [0.3, 0.4) is 0 Å². The van der Waals surface area contributed by atoms with Crippen molar-refractivity contribution >= 4 is 178 Å². The molecule has 0 aliphatic rings. The minimum absolute atomic E-state index is 0.407. The summed E-state index contributed by atoms with van der Waals surface area (Å²) in [4.78, 5) is 0. The van der Waals surface area contributed by atoms with Crippen molar-refractivity contribution in [1.82, 2.24) is 0 Å². The number of rotatable bonds is 32. The Bertz CT molecular complexity index is 876. The van der Waals surface area contributed by atoms with Gasteiger partial charge in [-0.2, -0.15) is 0 Å². The number of quaternary nitrogens is 4. The third kappa shape index (κ3) is 43.4. The fraction of sp³-hybridized carbons (Fsp3) is 0.909.